The van der Waals surface area contributed by atoms with E-state index in [2.05, 4.69) is 10.6 Å². The van der Waals surface area contributed by atoms with Gasteiger partial charge in [-0.05, 0) is 38.1 Å². The lowest BCUT2D eigenvalue weighted by molar-refractivity contribution is -0.140. The van der Waals surface area contributed by atoms with Crippen molar-refractivity contribution < 1.29 is 19.0 Å². The van der Waals surface area contributed by atoms with Crippen molar-refractivity contribution in [2.24, 2.45) is 0 Å². The van der Waals surface area contributed by atoms with Crippen LogP contribution in [0.4, 0.5) is 5.69 Å². The van der Waals surface area contributed by atoms with Crippen LogP contribution in [0, 0.1) is 0 Å². The molecule has 0 saturated carbocycles. The molecule has 0 spiro atoms. The molecule has 0 atom stereocenters. The predicted octanol–water partition coefficient (Wildman–Crippen LogP) is 1.12. The Morgan fingerprint density at radius 2 is 2.05 bits per heavy atom. The largest absolute Gasteiger partial charge is 0.454 e. The standard InChI is InChI=1S/C14H18N2O4/c1-18-14(4-6-15-7-5-14)13(17)16-10-2-3-11-12(8-10)20-9-19-11/h2-3,8,15H,4-7,9H2,1H3,(H,16,17). The molecule has 6 heteroatoms. The molecule has 1 aromatic rings. The van der Waals surface area contributed by atoms with Gasteiger partial charge >= 0.3 is 0 Å². The van der Waals surface area contributed by atoms with Gasteiger partial charge in [0.15, 0.2) is 11.5 Å². The number of methoxy groups -OCH3 is 1. The van der Waals surface area contributed by atoms with Crippen LogP contribution < -0.4 is 20.1 Å². The first-order valence-electron chi connectivity index (χ1n) is 6.70. The first kappa shape index (κ1) is 13.2. The maximum atomic E-state index is 12.5. The van der Waals surface area contributed by atoms with Crippen molar-refractivity contribution in [3.63, 3.8) is 0 Å². The van der Waals surface area contributed by atoms with Crippen LogP contribution in [0.25, 0.3) is 0 Å². The SMILES string of the molecule is COC1(C(=O)Nc2ccc3c(c2)OCO3)CCNCC1. The van der Waals surface area contributed by atoms with E-state index >= 15 is 0 Å². The Bertz CT molecular complexity index is 512. The second-order valence-corrected chi connectivity index (χ2v) is 4.97. The number of fused-ring (bicyclic) bond motifs is 1. The van der Waals surface area contributed by atoms with Gasteiger partial charge in [-0.2, -0.15) is 0 Å². The van der Waals surface area contributed by atoms with E-state index in [1.165, 1.54) is 0 Å². The third kappa shape index (κ3) is 2.32. The summed E-state index contributed by atoms with van der Waals surface area (Å²) in [5, 5.41) is 6.14. The second kappa shape index (κ2) is 5.30. The smallest absolute Gasteiger partial charge is 0.256 e. The maximum absolute atomic E-state index is 12.5. The number of carbonyl (C=O) groups is 1. The number of ether oxygens (including phenoxy) is 3. The molecule has 108 valence electrons. The summed E-state index contributed by atoms with van der Waals surface area (Å²) < 4.78 is 16.0. The predicted molar refractivity (Wildman–Crippen MR) is 73.0 cm³/mol. The van der Waals surface area contributed by atoms with E-state index in [4.69, 9.17) is 14.2 Å². The molecule has 2 aliphatic heterocycles. The van der Waals surface area contributed by atoms with Gasteiger partial charge in [0.05, 0.1) is 0 Å². The summed E-state index contributed by atoms with van der Waals surface area (Å²) >= 11 is 0. The number of piperidine rings is 1. The van der Waals surface area contributed by atoms with E-state index < -0.39 is 5.60 Å². The van der Waals surface area contributed by atoms with Crippen molar-refractivity contribution in [2.45, 2.75) is 18.4 Å². The molecule has 2 heterocycles. The number of amides is 1. The van der Waals surface area contributed by atoms with Gasteiger partial charge < -0.3 is 24.8 Å². The monoisotopic (exact) mass is 278 g/mol. The van der Waals surface area contributed by atoms with Gasteiger partial charge in [-0.3, -0.25) is 4.79 Å². The summed E-state index contributed by atoms with van der Waals surface area (Å²) in [4.78, 5) is 12.5. The van der Waals surface area contributed by atoms with Gasteiger partial charge in [0, 0.05) is 18.9 Å². The lowest BCUT2D eigenvalue weighted by atomic mass is 9.91. The average molecular weight is 278 g/mol. The Kier molecular flexibility index (Phi) is 3.50. The number of carbonyl (C=O) groups excluding carboxylic acids is 1. The molecule has 3 rings (SSSR count). The highest BCUT2D eigenvalue weighted by Gasteiger charge is 2.39. The van der Waals surface area contributed by atoms with Gasteiger partial charge in [-0.25, -0.2) is 0 Å². The minimum absolute atomic E-state index is 0.111. The summed E-state index contributed by atoms with van der Waals surface area (Å²) in [7, 11) is 1.59. The van der Waals surface area contributed by atoms with Crippen LogP contribution in [-0.2, 0) is 9.53 Å². The van der Waals surface area contributed by atoms with Crippen molar-refractivity contribution in [2.75, 3.05) is 32.3 Å². The summed E-state index contributed by atoms with van der Waals surface area (Å²) in [5.74, 6) is 1.24. The molecule has 0 unspecified atom stereocenters. The number of nitrogens with one attached hydrogen (secondary N) is 2. The molecule has 20 heavy (non-hydrogen) atoms. The maximum Gasteiger partial charge on any atom is 0.256 e. The highest BCUT2D eigenvalue weighted by molar-refractivity contribution is 5.97. The molecular formula is C14H18N2O4. The van der Waals surface area contributed by atoms with Crippen LogP contribution in [0.5, 0.6) is 11.5 Å². The number of rotatable bonds is 3. The van der Waals surface area contributed by atoms with E-state index in [0.29, 0.717) is 30.0 Å². The van der Waals surface area contributed by atoms with E-state index in [9.17, 15) is 4.79 Å². The fourth-order valence-corrected chi connectivity index (χ4v) is 2.57. The molecule has 2 N–H and O–H groups in total. The normalized spacial score (nSPS) is 19.6. The van der Waals surface area contributed by atoms with Crippen LogP contribution >= 0.6 is 0 Å². The van der Waals surface area contributed by atoms with Gasteiger partial charge in [-0.15, -0.1) is 0 Å². The summed E-state index contributed by atoms with van der Waals surface area (Å²) in [5.41, 5.74) is -0.0593. The average Bonchev–Trinajstić information content (AvgIpc) is 2.95. The Morgan fingerprint density at radius 1 is 1.30 bits per heavy atom. The zero-order valence-electron chi connectivity index (χ0n) is 11.4. The number of benzene rings is 1. The minimum Gasteiger partial charge on any atom is -0.454 e. The Balaban J connectivity index is 1.74. The second-order valence-electron chi connectivity index (χ2n) is 4.97. The Labute approximate surface area is 117 Å². The lowest BCUT2D eigenvalue weighted by Crippen LogP contribution is -2.51. The zero-order chi connectivity index (χ0) is 14.0. The third-order valence-corrected chi connectivity index (χ3v) is 3.85. The van der Waals surface area contributed by atoms with Crippen LogP contribution in [0.3, 0.4) is 0 Å². The van der Waals surface area contributed by atoms with Crippen molar-refractivity contribution in [1.29, 1.82) is 0 Å². The van der Waals surface area contributed by atoms with Crippen LogP contribution in [0.2, 0.25) is 0 Å². The van der Waals surface area contributed by atoms with Crippen LogP contribution in [-0.4, -0.2) is 38.5 Å². The molecule has 0 bridgehead atoms. The quantitative estimate of drug-likeness (QED) is 0.867. The van der Waals surface area contributed by atoms with E-state index in [1.54, 1.807) is 25.3 Å². The molecule has 1 saturated heterocycles. The summed E-state index contributed by atoms with van der Waals surface area (Å²) in [6, 6.07) is 5.36. The van der Waals surface area contributed by atoms with Crippen molar-refractivity contribution >= 4 is 11.6 Å². The molecule has 0 aromatic heterocycles. The van der Waals surface area contributed by atoms with Crippen molar-refractivity contribution in [3.05, 3.63) is 18.2 Å². The van der Waals surface area contributed by atoms with Crippen LogP contribution in [0.15, 0.2) is 18.2 Å². The molecule has 0 radical (unpaired) electrons. The number of hydrogen-bond donors (Lipinski definition) is 2. The molecule has 6 nitrogen and oxygen atoms in total. The van der Waals surface area contributed by atoms with Crippen LogP contribution in [0.1, 0.15) is 12.8 Å². The topological polar surface area (TPSA) is 68.8 Å². The highest BCUT2D eigenvalue weighted by atomic mass is 16.7. The summed E-state index contributed by atoms with van der Waals surface area (Å²) in [6.45, 7) is 1.78. The number of hydrogen-bond acceptors (Lipinski definition) is 5. The summed E-state index contributed by atoms with van der Waals surface area (Å²) in [6.07, 6.45) is 1.33. The fraction of sp³-hybridized carbons (Fsp3) is 0.500. The highest BCUT2D eigenvalue weighted by Crippen LogP contribution is 2.34. The molecule has 0 aliphatic carbocycles. The van der Waals surface area contributed by atoms with E-state index in [-0.39, 0.29) is 12.7 Å². The van der Waals surface area contributed by atoms with Crippen molar-refractivity contribution in [3.8, 4) is 11.5 Å². The van der Waals surface area contributed by atoms with Gasteiger partial charge in [-0.1, -0.05) is 0 Å². The molecular weight excluding hydrogens is 260 g/mol. The van der Waals surface area contributed by atoms with Gasteiger partial charge in [0.1, 0.15) is 5.60 Å². The van der Waals surface area contributed by atoms with E-state index in [0.717, 1.165) is 13.1 Å². The Hall–Kier alpha value is -1.79. The molecule has 1 fully saturated rings. The lowest BCUT2D eigenvalue weighted by Gasteiger charge is -2.34. The first-order valence-corrected chi connectivity index (χ1v) is 6.70. The molecule has 1 aromatic carbocycles. The first-order chi connectivity index (χ1) is 9.73. The zero-order valence-corrected chi connectivity index (χ0v) is 11.4. The molecule has 2 aliphatic rings. The van der Waals surface area contributed by atoms with Gasteiger partial charge in [0.25, 0.3) is 5.91 Å². The number of anilines is 1. The van der Waals surface area contributed by atoms with E-state index in [1.807, 2.05) is 0 Å². The molecule has 1 amide bonds. The minimum atomic E-state index is -0.748. The fourth-order valence-electron chi connectivity index (χ4n) is 2.57. The van der Waals surface area contributed by atoms with Crippen molar-refractivity contribution in [1.82, 2.24) is 5.32 Å². The van der Waals surface area contributed by atoms with Gasteiger partial charge in [0.2, 0.25) is 6.79 Å². The Morgan fingerprint density at radius 3 is 2.80 bits per heavy atom. The third-order valence-electron chi connectivity index (χ3n) is 3.85.